The highest BCUT2D eigenvalue weighted by Gasteiger charge is 2.22. The molecule has 20 heavy (non-hydrogen) atoms. The van der Waals surface area contributed by atoms with Crippen LogP contribution in [0.1, 0.15) is 0 Å². The average Bonchev–Trinajstić information content (AvgIpc) is 2.93. The molecule has 0 unspecified atom stereocenters. The third-order valence-electron chi connectivity index (χ3n) is 2.83. The van der Waals surface area contributed by atoms with Gasteiger partial charge in [-0.15, -0.1) is 0 Å². The number of hydrogen-bond acceptors (Lipinski definition) is 1. The highest BCUT2D eigenvalue weighted by Crippen LogP contribution is 2.34. The Hall–Kier alpha value is -2.50. The summed E-state index contributed by atoms with van der Waals surface area (Å²) in [6.45, 7) is 0. The molecule has 2 nitrogen and oxygen atoms in total. The van der Waals surface area contributed by atoms with Crippen LogP contribution in [0.25, 0.3) is 10.9 Å². The Morgan fingerprint density at radius 1 is 0.800 bits per heavy atom. The molecule has 3 rings (SSSR count). The molecule has 1 aromatic heterocycles. The van der Waals surface area contributed by atoms with Crippen molar-refractivity contribution >= 4 is 10.9 Å². The molecule has 0 saturated carbocycles. The van der Waals surface area contributed by atoms with E-state index in [4.69, 9.17) is 4.74 Å². The topological polar surface area (TPSA) is 25.0 Å². The van der Waals surface area contributed by atoms with E-state index in [1.807, 2.05) is 0 Å². The Labute approximate surface area is 110 Å². The van der Waals surface area contributed by atoms with E-state index in [1.165, 1.54) is 24.4 Å². The maximum Gasteiger partial charge on any atom is 0.206 e. The lowest BCUT2D eigenvalue weighted by atomic mass is 10.2. The second kappa shape index (κ2) is 4.56. The molecular formula is C14H7F4NO. The van der Waals surface area contributed by atoms with Crippen LogP contribution < -0.4 is 4.74 Å². The second-order valence-electron chi connectivity index (χ2n) is 4.09. The van der Waals surface area contributed by atoms with Crippen molar-refractivity contribution < 1.29 is 22.3 Å². The van der Waals surface area contributed by atoms with Crippen molar-refractivity contribution in [1.82, 2.24) is 4.98 Å². The van der Waals surface area contributed by atoms with E-state index >= 15 is 0 Å². The maximum absolute atomic E-state index is 14.1. The molecule has 1 heterocycles. The molecule has 0 saturated heterocycles. The molecule has 102 valence electrons. The minimum absolute atomic E-state index is 0.00140. The summed E-state index contributed by atoms with van der Waals surface area (Å²) < 4.78 is 59.3. The fourth-order valence-electron chi connectivity index (χ4n) is 1.87. The van der Waals surface area contributed by atoms with Crippen LogP contribution in [-0.2, 0) is 0 Å². The number of fused-ring (bicyclic) bond motifs is 1. The van der Waals surface area contributed by atoms with Gasteiger partial charge in [-0.2, -0.15) is 4.39 Å². The number of H-pyrrole nitrogens is 1. The van der Waals surface area contributed by atoms with E-state index < -0.39 is 29.0 Å². The number of hydrogen-bond donors (Lipinski definition) is 1. The highest BCUT2D eigenvalue weighted by molar-refractivity contribution is 5.82. The largest absolute Gasteiger partial charge is 0.451 e. The maximum atomic E-state index is 14.1. The van der Waals surface area contributed by atoms with Crippen molar-refractivity contribution in [2.45, 2.75) is 0 Å². The van der Waals surface area contributed by atoms with E-state index in [-0.39, 0.29) is 16.7 Å². The lowest BCUT2D eigenvalue weighted by Crippen LogP contribution is -1.97. The van der Waals surface area contributed by atoms with Gasteiger partial charge in [0.1, 0.15) is 11.6 Å². The van der Waals surface area contributed by atoms with Crippen LogP contribution in [-0.4, -0.2) is 4.98 Å². The van der Waals surface area contributed by atoms with Gasteiger partial charge in [-0.05, 0) is 30.3 Å². The number of halogens is 4. The molecule has 0 amide bonds. The van der Waals surface area contributed by atoms with Gasteiger partial charge in [0.25, 0.3) is 0 Å². The van der Waals surface area contributed by atoms with Gasteiger partial charge in [0.15, 0.2) is 11.6 Å². The Kier molecular flexibility index (Phi) is 2.85. The minimum atomic E-state index is -1.44. The quantitative estimate of drug-likeness (QED) is 0.542. The van der Waals surface area contributed by atoms with Crippen LogP contribution in [0.2, 0.25) is 0 Å². The van der Waals surface area contributed by atoms with Gasteiger partial charge in [-0.25, -0.2) is 13.2 Å². The van der Waals surface area contributed by atoms with Crippen LogP contribution in [0, 0.1) is 23.3 Å². The summed E-state index contributed by atoms with van der Waals surface area (Å²) in [5.74, 6) is -5.08. The average molecular weight is 281 g/mol. The first-order valence-electron chi connectivity index (χ1n) is 5.65. The summed E-state index contributed by atoms with van der Waals surface area (Å²) in [6, 6.07) is 5.78. The number of benzene rings is 2. The number of aromatic nitrogens is 1. The van der Waals surface area contributed by atoms with Gasteiger partial charge in [0, 0.05) is 11.6 Å². The molecule has 6 heteroatoms. The number of nitrogens with one attached hydrogen (secondary N) is 1. The smallest absolute Gasteiger partial charge is 0.206 e. The van der Waals surface area contributed by atoms with E-state index in [0.29, 0.717) is 0 Å². The van der Waals surface area contributed by atoms with Crippen molar-refractivity contribution in [3.63, 3.8) is 0 Å². The summed E-state index contributed by atoms with van der Waals surface area (Å²) in [5, 5.41) is -0.124. The van der Waals surface area contributed by atoms with E-state index in [0.717, 1.165) is 12.1 Å². The number of ether oxygens (including phenoxy) is 1. The zero-order chi connectivity index (χ0) is 14.3. The fraction of sp³-hybridized carbons (Fsp3) is 0. The standard InChI is InChI=1S/C14H7F4NO/c15-7-1-3-8(4-2-7)20-14-10(16)9-5-6-19-13(9)11(17)12(14)18/h1-6,19H. The minimum Gasteiger partial charge on any atom is -0.451 e. The molecule has 0 bridgehead atoms. The normalized spacial score (nSPS) is 11.0. The Balaban J connectivity index is 2.13. The van der Waals surface area contributed by atoms with Crippen LogP contribution in [0.4, 0.5) is 17.6 Å². The third kappa shape index (κ3) is 1.89. The molecule has 0 spiro atoms. The molecule has 0 fully saturated rings. The predicted octanol–water partition coefficient (Wildman–Crippen LogP) is 4.52. The Morgan fingerprint density at radius 2 is 1.50 bits per heavy atom. The zero-order valence-electron chi connectivity index (χ0n) is 9.88. The van der Waals surface area contributed by atoms with Crippen molar-refractivity contribution in [3.8, 4) is 11.5 Å². The lowest BCUT2D eigenvalue weighted by molar-refractivity contribution is 0.391. The SMILES string of the molecule is Fc1ccc(Oc2c(F)c(F)c3[nH]ccc3c2F)cc1. The molecule has 1 N–H and O–H groups in total. The predicted molar refractivity (Wildman–Crippen MR) is 64.6 cm³/mol. The molecule has 3 aromatic rings. The first-order valence-corrected chi connectivity index (χ1v) is 5.65. The van der Waals surface area contributed by atoms with Crippen molar-refractivity contribution in [3.05, 3.63) is 59.8 Å². The first kappa shape index (κ1) is 12.5. The molecule has 0 aliphatic rings. The summed E-state index contributed by atoms with van der Waals surface area (Å²) in [7, 11) is 0. The fourth-order valence-corrected chi connectivity index (χ4v) is 1.87. The van der Waals surface area contributed by atoms with E-state index in [1.54, 1.807) is 0 Å². The van der Waals surface area contributed by atoms with Crippen molar-refractivity contribution in [2.75, 3.05) is 0 Å². The van der Waals surface area contributed by atoms with E-state index in [9.17, 15) is 17.6 Å². The highest BCUT2D eigenvalue weighted by atomic mass is 19.2. The molecular weight excluding hydrogens is 274 g/mol. The zero-order valence-corrected chi connectivity index (χ0v) is 9.88. The molecule has 0 aliphatic carbocycles. The van der Waals surface area contributed by atoms with Crippen LogP contribution in [0.15, 0.2) is 36.5 Å². The van der Waals surface area contributed by atoms with Crippen LogP contribution in [0.5, 0.6) is 11.5 Å². The third-order valence-corrected chi connectivity index (χ3v) is 2.83. The summed E-state index contributed by atoms with van der Waals surface area (Å²) in [5.41, 5.74) is -0.272. The first-order chi connectivity index (χ1) is 9.58. The van der Waals surface area contributed by atoms with E-state index in [2.05, 4.69) is 4.98 Å². The summed E-state index contributed by atoms with van der Waals surface area (Å²) in [4.78, 5) is 2.41. The lowest BCUT2D eigenvalue weighted by Gasteiger charge is -2.09. The monoisotopic (exact) mass is 281 g/mol. The summed E-state index contributed by atoms with van der Waals surface area (Å²) >= 11 is 0. The van der Waals surface area contributed by atoms with Crippen molar-refractivity contribution in [2.24, 2.45) is 0 Å². The second-order valence-corrected chi connectivity index (χ2v) is 4.09. The molecule has 0 atom stereocenters. The van der Waals surface area contributed by atoms with Gasteiger partial charge in [0.2, 0.25) is 11.6 Å². The van der Waals surface area contributed by atoms with Gasteiger partial charge < -0.3 is 9.72 Å². The number of aromatic amines is 1. The van der Waals surface area contributed by atoms with Crippen molar-refractivity contribution in [1.29, 1.82) is 0 Å². The Bertz CT molecular complexity index is 780. The molecule has 0 radical (unpaired) electrons. The molecule has 0 aliphatic heterocycles. The van der Waals surface area contributed by atoms with Gasteiger partial charge in [-0.3, -0.25) is 0 Å². The van der Waals surface area contributed by atoms with Gasteiger partial charge in [0.05, 0.1) is 5.52 Å². The summed E-state index contributed by atoms with van der Waals surface area (Å²) in [6.07, 6.45) is 1.29. The Morgan fingerprint density at radius 3 is 2.20 bits per heavy atom. The van der Waals surface area contributed by atoms with Gasteiger partial charge in [-0.1, -0.05) is 0 Å². The molecule has 2 aromatic carbocycles. The number of rotatable bonds is 2. The van der Waals surface area contributed by atoms with Crippen LogP contribution >= 0.6 is 0 Å². The van der Waals surface area contributed by atoms with Gasteiger partial charge >= 0.3 is 0 Å². The van der Waals surface area contributed by atoms with Crippen LogP contribution in [0.3, 0.4) is 0 Å².